The van der Waals surface area contributed by atoms with Crippen LogP contribution in [0, 0.1) is 11.3 Å². The number of guanidine groups is 1. The van der Waals surface area contributed by atoms with E-state index in [0.29, 0.717) is 0 Å². The summed E-state index contributed by atoms with van der Waals surface area (Å²) >= 11 is 0. The first-order chi connectivity index (χ1) is 6.29. The Morgan fingerprint density at radius 3 is 2.14 bits per heavy atom. The molecule has 0 bridgehead atoms. The average molecular weight is 225 g/mol. The van der Waals surface area contributed by atoms with Crippen molar-refractivity contribution in [1.29, 1.82) is 5.41 Å². The molecule has 0 unspecified atom stereocenters. The van der Waals surface area contributed by atoms with E-state index in [-0.39, 0.29) is 5.96 Å². The average Bonchev–Trinajstić information content (AvgIpc) is 1.78. The van der Waals surface area contributed by atoms with Gasteiger partial charge in [-0.25, -0.2) is 0 Å². The van der Waals surface area contributed by atoms with Crippen molar-refractivity contribution in [1.82, 2.24) is 5.32 Å². The highest BCUT2D eigenvalue weighted by molar-refractivity contribution is 7.79. The minimum atomic E-state index is -4.67. The van der Waals surface area contributed by atoms with Gasteiger partial charge in [0, 0.05) is 6.54 Å². The SMILES string of the molecule is N=C(N)NCC1CCC1.O=S(=O)(O)O. The van der Waals surface area contributed by atoms with Crippen molar-refractivity contribution in [2.24, 2.45) is 11.7 Å². The first-order valence-electron chi connectivity index (χ1n) is 4.07. The van der Waals surface area contributed by atoms with E-state index in [0.717, 1.165) is 12.5 Å². The molecule has 7 nitrogen and oxygen atoms in total. The Morgan fingerprint density at radius 1 is 1.50 bits per heavy atom. The third kappa shape index (κ3) is 11.1. The number of nitrogens with one attached hydrogen (secondary N) is 2. The number of rotatable bonds is 2. The largest absolute Gasteiger partial charge is 0.394 e. The summed E-state index contributed by atoms with van der Waals surface area (Å²) in [7, 11) is -4.67. The molecule has 0 radical (unpaired) electrons. The minimum Gasteiger partial charge on any atom is -0.370 e. The van der Waals surface area contributed by atoms with Crippen LogP contribution in [0.15, 0.2) is 0 Å². The summed E-state index contributed by atoms with van der Waals surface area (Å²) in [6.45, 7) is 0.898. The molecule has 0 heterocycles. The number of hydrogen-bond donors (Lipinski definition) is 5. The van der Waals surface area contributed by atoms with E-state index in [2.05, 4.69) is 5.32 Å². The van der Waals surface area contributed by atoms with E-state index in [4.69, 9.17) is 28.7 Å². The summed E-state index contributed by atoms with van der Waals surface area (Å²) < 4.78 is 31.6. The van der Waals surface area contributed by atoms with Gasteiger partial charge in [0.1, 0.15) is 0 Å². The van der Waals surface area contributed by atoms with Crippen LogP contribution < -0.4 is 11.1 Å². The zero-order chi connectivity index (χ0) is 11.2. The van der Waals surface area contributed by atoms with Crippen LogP contribution in [-0.2, 0) is 10.4 Å². The molecule has 1 fully saturated rings. The van der Waals surface area contributed by atoms with E-state index in [1.54, 1.807) is 0 Å². The van der Waals surface area contributed by atoms with Gasteiger partial charge in [0.05, 0.1) is 0 Å². The Morgan fingerprint density at radius 2 is 1.93 bits per heavy atom. The molecule has 0 aromatic rings. The Hall–Kier alpha value is -0.860. The van der Waals surface area contributed by atoms with Gasteiger partial charge in [0.2, 0.25) is 0 Å². The normalized spacial score (nSPS) is 16.1. The van der Waals surface area contributed by atoms with Crippen LogP contribution in [0.5, 0.6) is 0 Å². The first-order valence-corrected chi connectivity index (χ1v) is 5.46. The molecule has 1 aliphatic carbocycles. The van der Waals surface area contributed by atoms with Gasteiger partial charge in [-0.05, 0) is 18.8 Å². The summed E-state index contributed by atoms with van der Waals surface area (Å²) in [6.07, 6.45) is 3.96. The number of nitrogens with two attached hydrogens (primary N) is 1. The Labute approximate surface area is 82.8 Å². The first kappa shape index (κ1) is 13.1. The van der Waals surface area contributed by atoms with Gasteiger partial charge >= 0.3 is 10.4 Å². The highest BCUT2D eigenvalue weighted by Gasteiger charge is 2.16. The molecule has 1 rings (SSSR count). The lowest BCUT2D eigenvalue weighted by Gasteiger charge is -2.25. The maximum absolute atomic E-state index is 8.74. The summed E-state index contributed by atoms with van der Waals surface area (Å²) in [4.78, 5) is 0. The van der Waals surface area contributed by atoms with Crippen LogP contribution in [0.1, 0.15) is 19.3 Å². The number of hydrogen-bond acceptors (Lipinski definition) is 3. The molecule has 0 aromatic heterocycles. The maximum Gasteiger partial charge on any atom is 0.394 e. The molecule has 84 valence electrons. The third-order valence-electron chi connectivity index (χ3n) is 1.81. The molecule has 1 saturated carbocycles. The van der Waals surface area contributed by atoms with Gasteiger partial charge in [-0.3, -0.25) is 14.5 Å². The van der Waals surface area contributed by atoms with Crippen LogP contribution in [0.25, 0.3) is 0 Å². The summed E-state index contributed by atoms with van der Waals surface area (Å²) in [5.74, 6) is 0.885. The maximum atomic E-state index is 8.74. The van der Waals surface area contributed by atoms with Crippen molar-refractivity contribution in [3.63, 3.8) is 0 Å². The van der Waals surface area contributed by atoms with Gasteiger partial charge in [-0.2, -0.15) is 8.42 Å². The monoisotopic (exact) mass is 225 g/mol. The molecule has 8 heteroatoms. The molecule has 14 heavy (non-hydrogen) atoms. The molecule has 0 atom stereocenters. The van der Waals surface area contributed by atoms with Crippen molar-refractivity contribution in [3.8, 4) is 0 Å². The second-order valence-electron chi connectivity index (χ2n) is 3.04. The van der Waals surface area contributed by atoms with Crippen LogP contribution in [0.2, 0.25) is 0 Å². The predicted octanol–water partition coefficient (Wildman–Crippen LogP) is -0.383. The van der Waals surface area contributed by atoms with Crippen molar-refractivity contribution < 1.29 is 17.5 Å². The topological polar surface area (TPSA) is 136 Å². The highest BCUT2D eigenvalue weighted by atomic mass is 32.3. The van der Waals surface area contributed by atoms with E-state index >= 15 is 0 Å². The second kappa shape index (κ2) is 5.78. The van der Waals surface area contributed by atoms with Gasteiger partial charge in [0.25, 0.3) is 0 Å². The fraction of sp³-hybridized carbons (Fsp3) is 0.833. The predicted molar refractivity (Wildman–Crippen MR) is 51.4 cm³/mol. The van der Waals surface area contributed by atoms with Crippen molar-refractivity contribution in [3.05, 3.63) is 0 Å². The second-order valence-corrected chi connectivity index (χ2v) is 3.94. The lowest BCUT2D eigenvalue weighted by molar-refractivity contribution is 0.315. The standard InChI is InChI=1S/C6H13N3.H2O4S/c7-6(8)9-4-5-2-1-3-5;1-5(2,3)4/h5H,1-4H2,(H4,7,8,9);(H2,1,2,3,4). The molecule has 0 aliphatic heterocycles. The Bertz CT molecular complexity index is 265. The zero-order valence-corrected chi connectivity index (χ0v) is 8.42. The lowest BCUT2D eigenvalue weighted by atomic mass is 9.85. The molecule has 0 aromatic carbocycles. The van der Waals surface area contributed by atoms with Crippen molar-refractivity contribution >= 4 is 16.4 Å². The van der Waals surface area contributed by atoms with E-state index in [1.807, 2.05) is 0 Å². The summed E-state index contributed by atoms with van der Waals surface area (Å²) in [5.41, 5.74) is 5.09. The molecule has 6 N–H and O–H groups in total. The third-order valence-corrected chi connectivity index (χ3v) is 1.81. The van der Waals surface area contributed by atoms with Gasteiger partial charge in [0.15, 0.2) is 5.96 Å². The van der Waals surface area contributed by atoms with Crippen molar-refractivity contribution in [2.75, 3.05) is 6.54 Å². The van der Waals surface area contributed by atoms with Gasteiger partial charge in [-0.15, -0.1) is 0 Å². The highest BCUT2D eigenvalue weighted by Crippen LogP contribution is 2.24. The van der Waals surface area contributed by atoms with Gasteiger partial charge < -0.3 is 11.1 Å². The Kier molecular flexibility index (Phi) is 5.43. The van der Waals surface area contributed by atoms with Gasteiger partial charge in [-0.1, -0.05) is 6.42 Å². The zero-order valence-electron chi connectivity index (χ0n) is 7.60. The molecule has 0 amide bonds. The van der Waals surface area contributed by atoms with Crippen LogP contribution >= 0.6 is 0 Å². The molecule has 0 saturated heterocycles. The van der Waals surface area contributed by atoms with E-state index in [1.165, 1.54) is 19.3 Å². The fourth-order valence-corrected chi connectivity index (χ4v) is 0.951. The molecule has 1 aliphatic rings. The lowest BCUT2D eigenvalue weighted by Crippen LogP contribution is -2.36. The van der Waals surface area contributed by atoms with Crippen LogP contribution in [0.3, 0.4) is 0 Å². The van der Waals surface area contributed by atoms with Crippen LogP contribution in [-0.4, -0.2) is 30.0 Å². The Balaban J connectivity index is 0.000000292. The molecular formula is C6H15N3O4S. The summed E-state index contributed by atoms with van der Waals surface area (Å²) in [5, 5.41) is 9.66. The molecule has 0 spiro atoms. The fourth-order valence-electron chi connectivity index (χ4n) is 0.951. The van der Waals surface area contributed by atoms with Crippen molar-refractivity contribution in [2.45, 2.75) is 19.3 Å². The van der Waals surface area contributed by atoms with Crippen LogP contribution in [0.4, 0.5) is 0 Å². The molecular weight excluding hydrogens is 210 g/mol. The van der Waals surface area contributed by atoms with E-state index in [9.17, 15) is 0 Å². The smallest absolute Gasteiger partial charge is 0.370 e. The minimum absolute atomic E-state index is 0.0990. The quantitative estimate of drug-likeness (QED) is 0.247. The summed E-state index contributed by atoms with van der Waals surface area (Å²) in [6, 6.07) is 0. The van der Waals surface area contributed by atoms with E-state index < -0.39 is 10.4 Å².